The molecule has 4 heterocycles. The van der Waals surface area contributed by atoms with Crippen molar-refractivity contribution in [1.82, 2.24) is 30.5 Å². The van der Waals surface area contributed by atoms with Crippen LogP contribution in [0, 0.1) is 5.92 Å². The first kappa shape index (κ1) is 23.9. The second-order valence-electron chi connectivity index (χ2n) is 8.93. The summed E-state index contributed by atoms with van der Waals surface area (Å²) in [5, 5.41) is 8.65. The molecule has 184 valence electrons. The maximum Gasteiger partial charge on any atom is 0.273 e. The molecule has 11 nitrogen and oxygen atoms in total. The van der Waals surface area contributed by atoms with E-state index in [1.54, 1.807) is 22.7 Å². The van der Waals surface area contributed by atoms with Gasteiger partial charge in [0.2, 0.25) is 11.8 Å². The van der Waals surface area contributed by atoms with Gasteiger partial charge in [-0.05, 0) is 38.5 Å². The molecule has 0 radical (unpaired) electrons. The maximum absolute atomic E-state index is 13.0. The van der Waals surface area contributed by atoms with Gasteiger partial charge in [0.1, 0.15) is 0 Å². The number of ether oxygens (including phenoxy) is 1. The Kier molecular flexibility index (Phi) is 7.61. The van der Waals surface area contributed by atoms with Gasteiger partial charge in [-0.1, -0.05) is 0 Å². The van der Waals surface area contributed by atoms with Gasteiger partial charge in [-0.2, -0.15) is 5.10 Å². The number of nitrogens with zero attached hydrogens (tertiary/aromatic N) is 4. The number of aromatic nitrogens is 3. The van der Waals surface area contributed by atoms with Gasteiger partial charge < -0.3 is 15.0 Å². The van der Waals surface area contributed by atoms with Crippen molar-refractivity contribution in [2.75, 3.05) is 31.6 Å². The van der Waals surface area contributed by atoms with Gasteiger partial charge in [-0.25, -0.2) is 9.67 Å². The summed E-state index contributed by atoms with van der Waals surface area (Å²) in [5.74, 6) is -0.430. The molecule has 0 saturated carbocycles. The molecule has 3 N–H and O–H groups in total. The van der Waals surface area contributed by atoms with Crippen molar-refractivity contribution in [1.29, 1.82) is 0 Å². The molecule has 2 aromatic heterocycles. The molecule has 0 atom stereocenters. The van der Waals surface area contributed by atoms with Gasteiger partial charge in [-0.3, -0.25) is 25.2 Å². The summed E-state index contributed by atoms with van der Waals surface area (Å²) in [7, 11) is 0. The number of nitrogens with one attached hydrogen (secondary N) is 3. The van der Waals surface area contributed by atoms with Crippen molar-refractivity contribution in [2.45, 2.75) is 58.5 Å². The molecule has 0 spiro atoms. The Morgan fingerprint density at radius 3 is 2.50 bits per heavy atom. The third-order valence-corrected chi connectivity index (χ3v) is 6.63. The Bertz CT molecular complexity index is 1040. The highest BCUT2D eigenvalue weighted by atomic mass is 16.5. The number of amides is 3. The fourth-order valence-corrected chi connectivity index (χ4v) is 4.59. The molecule has 2 saturated heterocycles. The lowest BCUT2D eigenvalue weighted by Crippen LogP contribution is -2.44. The molecule has 34 heavy (non-hydrogen) atoms. The highest BCUT2D eigenvalue weighted by Crippen LogP contribution is 2.28. The van der Waals surface area contributed by atoms with Crippen LogP contribution >= 0.6 is 0 Å². The van der Waals surface area contributed by atoms with Gasteiger partial charge in [0.15, 0.2) is 5.65 Å². The van der Waals surface area contributed by atoms with E-state index < -0.39 is 5.91 Å². The zero-order valence-corrected chi connectivity index (χ0v) is 19.8. The SMILES string of the molecule is CCn1ncc2c(NC3CCOCC3)c(C(=O)NNC(=O)CC3CCN(C(C)=O)CC3)cnc21. The summed E-state index contributed by atoms with van der Waals surface area (Å²) in [6.07, 6.45) is 6.79. The lowest BCUT2D eigenvalue weighted by molar-refractivity contribution is -0.130. The molecule has 3 amide bonds. The second kappa shape index (κ2) is 10.8. The monoisotopic (exact) mass is 471 g/mol. The molecule has 0 unspecified atom stereocenters. The van der Waals surface area contributed by atoms with Gasteiger partial charge in [-0.15, -0.1) is 0 Å². The van der Waals surface area contributed by atoms with Crippen molar-refractivity contribution in [2.24, 2.45) is 5.92 Å². The van der Waals surface area contributed by atoms with Crippen LogP contribution in [0.2, 0.25) is 0 Å². The van der Waals surface area contributed by atoms with E-state index in [9.17, 15) is 14.4 Å². The second-order valence-corrected chi connectivity index (χ2v) is 8.93. The number of rotatable bonds is 6. The van der Waals surface area contributed by atoms with E-state index in [1.807, 2.05) is 6.92 Å². The number of carbonyl (C=O) groups is 3. The largest absolute Gasteiger partial charge is 0.381 e. The summed E-state index contributed by atoms with van der Waals surface area (Å²) < 4.78 is 7.24. The van der Waals surface area contributed by atoms with E-state index in [2.05, 4.69) is 26.3 Å². The minimum Gasteiger partial charge on any atom is -0.381 e. The Labute approximate surface area is 198 Å². The zero-order chi connectivity index (χ0) is 24.1. The first-order chi connectivity index (χ1) is 16.5. The summed E-state index contributed by atoms with van der Waals surface area (Å²) in [5.41, 5.74) is 6.81. The third kappa shape index (κ3) is 5.46. The van der Waals surface area contributed by atoms with Crippen molar-refractivity contribution < 1.29 is 19.1 Å². The van der Waals surface area contributed by atoms with Gasteiger partial charge in [0.05, 0.1) is 22.8 Å². The molecule has 0 aromatic carbocycles. The molecular weight excluding hydrogens is 438 g/mol. The minimum absolute atomic E-state index is 0.0652. The fraction of sp³-hybridized carbons (Fsp3) is 0.609. The zero-order valence-electron chi connectivity index (χ0n) is 19.8. The van der Waals surface area contributed by atoms with Crippen molar-refractivity contribution in [3.05, 3.63) is 18.0 Å². The van der Waals surface area contributed by atoms with Crippen molar-refractivity contribution in [3.8, 4) is 0 Å². The van der Waals surface area contributed by atoms with E-state index in [-0.39, 0.29) is 23.8 Å². The predicted molar refractivity (Wildman–Crippen MR) is 126 cm³/mol. The maximum atomic E-state index is 13.0. The highest BCUT2D eigenvalue weighted by molar-refractivity contribution is 6.06. The van der Waals surface area contributed by atoms with E-state index in [0.717, 1.165) is 31.1 Å². The number of hydrogen-bond acceptors (Lipinski definition) is 7. The van der Waals surface area contributed by atoms with Crippen LogP contribution in [0.1, 0.15) is 56.3 Å². The Hall–Kier alpha value is -3.21. The summed E-state index contributed by atoms with van der Waals surface area (Å²) in [4.78, 5) is 43.2. The van der Waals surface area contributed by atoms with Crippen LogP contribution < -0.4 is 16.2 Å². The first-order valence-electron chi connectivity index (χ1n) is 12.0. The molecule has 2 aromatic rings. The number of anilines is 1. The van der Waals surface area contributed by atoms with Crippen molar-refractivity contribution in [3.63, 3.8) is 0 Å². The topological polar surface area (TPSA) is 130 Å². The molecule has 0 aliphatic carbocycles. The Balaban J connectivity index is 1.41. The average Bonchev–Trinajstić information content (AvgIpc) is 3.27. The number of likely N-dealkylation sites (tertiary alicyclic amines) is 1. The van der Waals surface area contributed by atoms with E-state index in [1.165, 1.54) is 6.20 Å². The first-order valence-corrected chi connectivity index (χ1v) is 12.0. The number of fused-ring (bicyclic) bond motifs is 1. The minimum atomic E-state index is -0.437. The summed E-state index contributed by atoms with van der Waals surface area (Å²) in [6, 6.07) is 0.173. The van der Waals surface area contributed by atoms with Crippen LogP contribution in [0.25, 0.3) is 11.0 Å². The highest BCUT2D eigenvalue weighted by Gasteiger charge is 2.24. The quantitative estimate of drug-likeness (QED) is 0.544. The van der Waals surface area contributed by atoms with E-state index in [0.29, 0.717) is 56.2 Å². The molecule has 2 aliphatic heterocycles. The number of piperidine rings is 1. The molecule has 2 aliphatic rings. The third-order valence-electron chi connectivity index (χ3n) is 6.63. The molecule has 2 fully saturated rings. The van der Waals surface area contributed by atoms with Crippen LogP contribution in [-0.4, -0.2) is 69.7 Å². The van der Waals surface area contributed by atoms with Gasteiger partial charge in [0, 0.05) is 58.4 Å². The molecule has 11 heteroatoms. The van der Waals surface area contributed by atoms with Crippen LogP contribution in [0.15, 0.2) is 12.4 Å². The standard InChI is InChI=1S/C23H33N7O4/c1-3-30-22-18(14-25-30)21(26-17-6-10-34-11-7-17)19(13-24-22)23(33)28-27-20(32)12-16-4-8-29(9-5-16)15(2)31/h13-14,16-17H,3-12H2,1-2H3,(H,24,26)(H,27,32)(H,28,33). The number of pyridine rings is 1. The summed E-state index contributed by atoms with van der Waals surface area (Å²) >= 11 is 0. The van der Waals surface area contributed by atoms with E-state index >= 15 is 0 Å². The van der Waals surface area contributed by atoms with Gasteiger partial charge >= 0.3 is 0 Å². The Morgan fingerprint density at radius 2 is 1.82 bits per heavy atom. The number of carbonyl (C=O) groups excluding carboxylic acids is 3. The molecule has 0 bridgehead atoms. The number of hydrogen-bond donors (Lipinski definition) is 3. The molecular formula is C23H33N7O4. The normalized spacial score (nSPS) is 17.5. The summed E-state index contributed by atoms with van der Waals surface area (Å²) in [6.45, 7) is 6.88. The van der Waals surface area contributed by atoms with Crippen LogP contribution in [0.3, 0.4) is 0 Å². The number of aryl methyl sites for hydroxylation is 1. The van der Waals surface area contributed by atoms with Crippen LogP contribution in [-0.2, 0) is 20.9 Å². The van der Waals surface area contributed by atoms with E-state index in [4.69, 9.17) is 4.74 Å². The van der Waals surface area contributed by atoms with Crippen molar-refractivity contribution >= 4 is 34.4 Å². The number of hydrazine groups is 1. The predicted octanol–water partition coefficient (Wildman–Crippen LogP) is 1.45. The Morgan fingerprint density at radius 1 is 1.09 bits per heavy atom. The van der Waals surface area contributed by atoms with Gasteiger partial charge in [0.25, 0.3) is 5.91 Å². The lowest BCUT2D eigenvalue weighted by Gasteiger charge is -2.30. The lowest BCUT2D eigenvalue weighted by atomic mass is 9.93. The van der Waals surface area contributed by atoms with Crippen LogP contribution in [0.4, 0.5) is 5.69 Å². The fourth-order valence-electron chi connectivity index (χ4n) is 4.59. The van der Waals surface area contributed by atoms with Crippen LogP contribution in [0.5, 0.6) is 0 Å². The smallest absolute Gasteiger partial charge is 0.273 e. The molecule has 4 rings (SSSR count). The average molecular weight is 472 g/mol.